The van der Waals surface area contributed by atoms with E-state index in [2.05, 4.69) is 46.2 Å². The van der Waals surface area contributed by atoms with E-state index in [1.165, 1.54) is 18.2 Å². The second kappa shape index (κ2) is 12.4. The molecule has 0 aliphatic rings. The molecule has 0 unspecified atom stereocenters. The van der Waals surface area contributed by atoms with Gasteiger partial charge in [0.25, 0.3) is 10.1 Å². The third-order valence-electron chi connectivity index (χ3n) is 4.96. The topological polar surface area (TPSA) is 215 Å². The van der Waals surface area contributed by atoms with Gasteiger partial charge in [-0.3, -0.25) is 4.55 Å². The van der Waals surface area contributed by atoms with Crippen LogP contribution >= 0.6 is 12.0 Å². The predicted octanol–water partition coefficient (Wildman–Crippen LogP) is 4.56. The zero-order valence-corrected chi connectivity index (χ0v) is 24.1. The molecule has 0 fully saturated rings. The van der Waals surface area contributed by atoms with E-state index in [-0.39, 0.29) is 72.5 Å². The van der Waals surface area contributed by atoms with Crippen LogP contribution in [0.5, 0.6) is 5.75 Å². The van der Waals surface area contributed by atoms with Gasteiger partial charge in [0.05, 0.1) is 23.1 Å². The number of hydrogen-bond donors (Lipinski definition) is 5. The van der Waals surface area contributed by atoms with Gasteiger partial charge in [-0.15, -0.1) is 14.6 Å². The standard InChI is InChI=1S/C21H18N7O7S2.Y/c1-10-5-12-6-14(36-35-34-30)8-16(29)18(12)20(19(10)22)28-27-15-4-3-13(7-17(15)37(31,32)33)26-21-24-9-23-11(2)25-21;/h3-8,29-30H,22H2,1-2H3,(H,31,32,33)(H,23,24,25,26);/q-1;. The average molecular weight is 633 g/mol. The van der Waals surface area contributed by atoms with Crippen molar-refractivity contribution in [3.63, 3.8) is 0 Å². The van der Waals surface area contributed by atoms with Crippen LogP contribution in [-0.4, -0.2) is 38.3 Å². The molecule has 1 heterocycles. The van der Waals surface area contributed by atoms with Crippen LogP contribution in [0.2, 0.25) is 0 Å². The second-order valence-corrected chi connectivity index (χ2v) is 9.68. The van der Waals surface area contributed by atoms with Crippen LogP contribution in [-0.2, 0) is 52.2 Å². The van der Waals surface area contributed by atoms with Crippen LogP contribution < -0.4 is 11.1 Å². The summed E-state index contributed by atoms with van der Waals surface area (Å²) in [5.41, 5.74) is 7.10. The minimum atomic E-state index is -4.73. The van der Waals surface area contributed by atoms with Crippen LogP contribution in [0.15, 0.2) is 56.4 Å². The maximum absolute atomic E-state index is 12.1. The van der Waals surface area contributed by atoms with Gasteiger partial charge in [-0.1, -0.05) is 12.0 Å². The van der Waals surface area contributed by atoms with Gasteiger partial charge < -0.3 is 31.1 Å². The number of nitrogens with zero attached hydrogens (tertiary/aromatic N) is 5. The van der Waals surface area contributed by atoms with Crippen LogP contribution in [0, 0.1) is 20.2 Å². The monoisotopic (exact) mass is 633 g/mol. The number of benzene rings is 3. The van der Waals surface area contributed by atoms with Gasteiger partial charge in [0.2, 0.25) is 0 Å². The van der Waals surface area contributed by atoms with E-state index in [9.17, 15) is 18.1 Å². The first-order chi connectivity index (χ1) is 17.6. The molecule has 1 aromatic heterocycles. The Kier molecular flexibility index (Phi) is 9.66. The van der Waals surface area contributed by atoms with Crippen LogP contribution in [0.3, 0.4) is 0 Å². The molecule has 14 nitrogen and oxygen atoms in total. The molecule has 0 spiro atoms. The van der Waals surface area contributed by atoms with Crippen molar-refractivity contribution in [2.75, 3.05) is 11.1 Å². The van der Waals surface area contributed by atoms with E-state index in [1.807, 2.05) is 0 Å². The Hall–Kier alpha value is -2.83. The SMILES string of the molecule is Cc1n[c-]nc(Nc2ccc(N=Nc3c(N)c(C)cc4cc(SOOO)cc(O)c34)c(S(=O)(=O)O)c2)n1.[Y]. The molecule has 195 valence electrons. The first-order valence-corrected chi connectivity index (χ1v) is 12.3. The smallest absolute Gasteiger partial charge is 0.296 e. The predicted molar refractivity (Wildman–Crippen MR) is 133 cm³/mol. The molecule has 4 rings (SSSR count). The van der Waals surface area contributed by atoms with Crippen molar-refractivity contribution in [2.45, 2.75) is 23.6 Å². The number of aryl methyl sites for hydroxylation is 2. The summed E-state index contributed by atoms with van der Waals surface area (Å²) in [6.45, 7) is 3.34. The van der Waals surface area contributed by atoms with E-state index in [4.69, 9.17) is 11.0 Å². The largest absolute Gasteiger partial charge is 0.507 e. The Morgan fingerprint density at radius 1 is 1.13 bits per heavy atom. The Labute approximate surface area is 245 Å². The van der Waals surface area contributed by atoms with Crippen molar-refractivity contribution >= 4 is 61.6 Å². The number of azo groups is 1. The quantitative estimate of drug-likeness (QED) is 0.0343. The number of anilines is 3. The molecule has 4 aromatic rings. The number of fused-ring (bicyclic) bond motifs is 1. The van der Waals surface area contributed by atoms with Gasteiger partial charge in [0.15, 0.2) is 0 Å². The van der Waals surface area contributed by atoms with Gasteiger partial charge >= 0.3 is 0 Å². The van der Waals surface area contributed by atoms with Crippen LogP contribution in [0.1, 0.15) is 11.4 Å². The van der Waals surface area contributed by atoms with E-state index >= 15 is 0 Å². The number of hydrogen-bond acceptors (Lipinski definition) is 14. The van der Waals surface area contributed by atoms with Crippen molar-refractivity contribution in [2.24, 2.45) is 10.2 Å². The molecule has 0 aliphatic heterocycles. The van der Waals surface area contributed by atoms with Crippen molar-refractivity contribution in [1.29, 1.82) is 0 Å². The number of aromatic nitrogens is 3. The molecular weight excluding hydrogens is 615 g/mol. The number of nitrogens with one attached hydrogen (secondary N) is 1. The van der Waals surface area contributed by atoms with E-state index in [0.29, 0.717) is 33.7 Å². The van der Waals surface area contributed by atoms with Gasteiger partial charge in [0.1, 0.15) is 28.0 Å². The van der Waals surface area contributed by atoms with E-state index in [1.54, 1.807) is 26.0 Å². The summed E-state index contributed by atoms with van der Waals surface area (Å²) in [4.78, 5) is 11.5. The third-order valence-corrected chi connectivity index (χ3v) is 6.40. The van der Waals surface area contributed by atoms with Gasteiger partial charge in [-0.25, -0.2) is 5.26 Å². The third kappa shape index (κ3) is 6.78. The number of rotatable bonds is 8. The Morgan fingerprint density at radius 2 is 1.89 bits per heavy atom. The molecule has 0 saturated heterocycles. The van der Waals surface area contributed by atoms with Crippen molar-refractivity contribution < 1.29 is 65.4 Å². The Morgan fingerprint density at radius 3 is 2.58 bits per heavy atom. The summed E-state index contributed by atoms with van der Waals surface area (Å²) in [6, 6.07) is 8.55. The summed E-state index contributed by atoms with van der Waals surface area (Å²) in [7, 11) is -4.73. The number of phenols is 1. The van der Waals surface area contributed by atoms with E-state index in [0.717, 1.165) is 6.07 Å². The van der Waals surface area contributed by atoms with Crippen molar-refractivity contribution in [3.05, 3.63) is 54.1 Å². The second-order valence-electron chi connectivity index (χ2n) is 7.51. The first-order valence-electron chi connectivity index (χ1n) is 10.2. The summed E-state index contributed by atoms with van der Waals surface area (Å²) < 4.78 is 38.4. The summed E-state index contributed by atoms with van der Waals surface area (Å²) in [5.74, 6) is 0.274. The zero-order valence-electron chi connectivity index (χ0n) is 19.6. The normalized spacial score (nSPS) is 11.6. The Bertz CT molecular complexity index is 1640. The van der Waals surface area contributed by atoms with Crippen LogP contribution in [0.25, 0.3) is 10.8 Å². The summed E-state index contributed by atoms with van der Waals surface area (Å²) in [5, 5.41) is 34.2. The molecule has 0 atom stereocenters. The average Bonchev–Trinajstić information content (AvgIpc) is 2.83. The number of nitrogens with two attached hydrogens (primary N) is 1. The van der Waals surface area contributed by atoms with Crippen molar-refractivity contribution in [3.8, 4) is 5.75 Å². The number of nitrogen functional groups attached to an aromatic ring is 1. The van der Waals surface area contributed by atoms with E-state index < -0.39 is 15.0 Å². The summed E-state index contributed by atoms with van der Waals surface area (Å²) in [6.07, 6.45) is 2.40. The Balaban J connectivity index is 0.00000400. The van der Waals surface area contributed by atoms with Crippen molar-refractivity contribution in [1.82, 2.24) is 15.0 Å². The molecule has 3 aromatic carbocycles. The fraction of sp³-hybridized carbons (Fsp3) is 0.0952. The van der Waals surface area contributed by atoms with Crippen LogP contribution in [0.4, 0.5) is 28.7 Å². The fourth-order valence-electron chi connectivity index (χ4n) is 3.35. The molecule has 0 amide bonds. The molecule has 0 bridgehead atoms. The molecular formula is C21H18N7O7S2Y-. The van der Waals surface area contributed by atoms with Gasteiger partial charge in [-0.2, -0.15) is 8.42 Å². The van der Waals surface area contributed by atoms with Gasteiger partial charge in [-0.05, 0) is 54.3 Å². The molecule has 17 heteroatoms. The molecule has 0 aliphatic carbocycles. The zero-order chi connectivity index (χ0) is 26.7. The fourth-order valence-corrected chi connectivity index (χ4v) is 4.44. The molecule has 0 saturated carbocycles. The first kappa shape index (κ1) is 29.7. The minimum Gasteiger partial charge on any atom is -0.507 e. The maximum Gasteiger partial charge on any atom is 0.296 e. The summed E-state index contributed by atoms with van der Waals surface area (Å²) >= 11 is 0.651. The molecule has 1 radical (unpaired) electrons. The minimum absolute atomic E-state index is 0. The maximum atomic E-state index is 12.1. The number of phenolic OH excluding ortho intramolecular Hbond substituents is 1. The molecule has 38 heavy (non-hydrogen) atoms. The molecule has 6 N–H and O–H groups in total. The van der Waals surface area contributed by atoms with Gasteiger partial charge in [0, 0.05) is 55.4 Å². The number of aromatic hydroxyl groups is 1.